The summed E-state index contributed by atoms with van der Waals surface area (Å²) in [5, 5.41) is 0. The zero-order chi connectivity index (χ0) is 5.70. The first-order chi connectivity index (χ1) is 3.35. The molecule has 7 heavy (non-hydrogen) atoms. The third-order valence-electron chi connectivity index (χ3n) is 0.542. The van der Waals surface area contributed by atoms with Crippen molar-refractivity contribution in [2.24, 2.45) is 0 Å². The molecule has 0 unspecified atom stereocenters. The molecular formula is C3H5BNO2. The van der Waals surface area contributed by atoms with E-state index >= 15 is 0 Å². The van der Waals surface area contributed by atoms with Crippen molar-refractivity contribution >= 4 is 20.2 Å². The Morgan fingerprint density at radius 1 is 1.43 bits per heavy atom. The Bertz CT molecular complexity index is 67.3. The summed E-state index contributed by atoms with van der Waals surface area (Å²) in [6.07, 6.45) is 0.875. The van der Waals surface area contributed by atoms with Crippen LogP contribution in [0.25, 0.3) is 0 Å². The van der Waals surface area contributed by atoms with E-state index in [1.54, 1.807) is 6.82 Å². The van der Waals surface area contributed by atoms with Gasteiger partial charge in [0.1, 0.15) is 0 Å². The van der Waals surface area contributed by atoms with Crippen LogP contribution in [0.4, 0.5) is 0 Å². The van der Waals surface area contributed by atoms with Crippen LogP contribution in [0.1, 0.15) is 0 Å². The van der Waals surface area contributed by atoms with Gasteiger partial charge < -0.3 is 4.81 Å². The fourth-order valence-corrected chi connectivity index (χ4v) is 0.147. The summed E-state index contributed by atoms with van der Waals surface area (Å²) in [6, 6.07) is 0. The van der Waals surface area contributed by atoms with E-state index in [-0.39, 0.29) is 0 Å². The van der Waals surface area contributed by atoms with Gasteiger partial charge in [0.15, 0.2) is 0 Å². The van der Waals surface area contributed by atoms with Crippen molar-refractivity contribution in [3.05, 3.63) is 0 Å². The standard InChI is InChI=1S/C3H5BNO2/c1-4-5(2-6)3-7/h2-3H,1H3. The highest BCUT2D eigenvalue weighted by Gasteiger charge is 1.90. The molecule has 0 aliphatic rings. The van der Waals surface area contributed by atoms with E-state index in [0.29, 0.717) is 12.8 Å². The number of carbonyl (C=O) groups is 2. The maximum absolute atomic E-state index is 9.63. The lowest BCUT2D eigenvalue weighted by Crippen LogP contribution is -2.21. The van der Waals surface area contributed by atoms with Crippen LogP contribution in [-0.4, -0.2) is 25.0 Å². The number of rotatable bonds is 3. The Kier molecular flexibility index (Phi) is 3.01. The Labute approximate surface area is 42.6 Å². The average Bonchev–Trinajstić information content (AvgIpc) is 1.72. The number of amides is 2. The van der Waals surface area contributed by atoms with Crippen molar-refractivity contribution in [3.63, 3.8) is 0 Å². The average molecular weight is 97.9 g/mol. The molecule has 0 heterocycles. The van der Waals surface area contributed by atoms with Gasteiger partial charge in [-0.25, -0.2) is 0 Å². The lowest BCUT2D eigenvalue weighted by atomic mass is 9.98. The van der Waals surface area contributed by atoms with Crippen molar-refractivity contribution in [3.8, 4) is 0 Å². The van der Waals surface area contributed by atoms with Gasteiger partial charge in [0, 0.05) is 0 Å². The fourth-order valence-electron chi connectivity index (χ4n) is 0.147. The normalized spacial score (nSPS) is 7.00. The molecule has 0 aromatic rings. The van der Waals surface area contributed by atoms with Gasteiger partial charge in [0.2, 0.25) is 12.8 Å². The van der Waals surface area contributed by atoms with Crippen LogP contribution >= 0.6 is 0 Å². The van der Waals surface area contributed by atoms with Crippen molar-refractivity contribution in [1.82, 2.24) is 4.81 Å². The molecule has 1 radical (unpaired) electrons. The molecule has 0 rings (SSSR count). The Morgan fingerprint density at radius 2 is 1.86 bits per heavy atom. The van der Waals surface area contributed by atoms with Crippen molar-refractivity contribution in [2.45, 2.75) is 6.82 Å². The quantitative estimate of drug-likeness (QED) is 0.344. The molecule has 0 fully saturated rings. The first-order valence-corrected chi connectivity index (χ1v) is 1.82. The van der Waals surface area contributed by atoms with Crippen LogP contribution in [0, 0.1) is 0 Å². The second kappa shape index (κ2) is 3.40. The maximum Gasteiger partial charge on any atom is 0.256 e. The molecule has 0 N–H and O–H groups in total. The van der Waals surface area contributed by atoms with Crippen LogP contribution in [-0.2, 0) is 9.59 Å². The number of imide groups is 1. The lowest BCUT2D eigenvalue weighted by molar-refractivity contribution is -0.124. The zero-order valence-electron chi connectivity index (χ0n) is 4.00. The lowest BCUT2D eigenvalue weighted by Gasteiger charge is -1.98. The van der Waals surface area contributed by atoms with Crippen molar-refractivity contribution in [2.75, 3.05) is 0 Å². The first-order valence-electron chi connectivity index (χ1n) is 1.82. The van der Waals surface area contributed by atoms with Gasteiger partial charge in [-0.05, 0) is 0 Å². The minimum atomic E-state index is 0.438. The van der Waals surface area contributed by atoms with E-state index in [2.05, 4.69) is 0 Å². The number of carbonyl (C=O) groups excluding carboxylic acids is 2. The number of hydrogen-bond donors (Lipinski definition) is 0. The van der Waals surface area contributed by atoms with Gasteiger partial charge >= 0.3 is 0 Å². The summed E-state index contributed by atoms with van der Waals surface area (Å²) >= 11 is 0. The monoisotopic (exact) mass is 98.0 g/mol. The predicted octanol–water partition coefficient (Wildman–Crippen LogP) is -0.732. The fraction of sp³-hybridized carbons (Fsp3) is 0.333. The van der Waals surface area contributed by atoms with E-state index < -0.39 is 0 Å². The van der Waals surface area contributed by atoms with Crippen molar-refractivity contribution in [1.29, 1.82) is 0 Å². The molecule has 0 aliphatic heterocycles. The third-order valence-corrected chi connectivity index (χ3v) is 0.542. The molecule has 2 amide bonds. The highest BCUT2D eigenvalue weighted by molar-refractivity contribution is 6.37. The molecule has 0 atom stereocenters. The molecule has 0 aromatic carbocycles. The Balaban J connectivity index is 3.36. The van der Waals surface area contributed by atoms with E-state index in [0.717, 1.165) is 4.81 Å². The molecule has 0 bridgehead atoms. The molecule has 0 saturated carbocycles. The van der Waals surface area contributed by atoms with Crippen LogP contribution in [0.5, 0.6) is 0 Å². The van der Waals surface area contributed by atoms with Crippen LogP contribution in [0.15, 0.2) is 0 Å². The number of hydrogen-bond acceptors (Lipinski definition) is 2. The van der Waals surface area contributed by atoms with E-state index in [1.165, 1.54) is 7.41 Å². The predicted molar refractivity (Wildman–Crippen MR) is 25.6 cm³/mol. The Hall–Kier alpha value is -0.795. The summed E-state index contributed by atoms with van der Waals surface area (Å²) in [6.45, 7) is 1.60. The number of nitrogens with zero attached hydrogens (tertiary/aromatic N) is 1. The van der Waals surface area contributed by atoms with Gasteiger partial charge in [-0.3, -0.25) is 9.59 Å². The molecule has 3 nitrogen and oxygen atoms in total. The highest BCUT2D eigenvalue weighted by Crippen LogP contribution is 1.65. The smallest absolute Gasteiger partial charge is 0.256 e. The summed E-state index contributed by atoms with van der Waals surface area (Å²) < 4.78 is 0. The van der Waals surface area contributed by atoms with Gasteiger partial charge in [0.25, 0.3) is 7.41 Å². The summed E-state index contributed by atoms with van der Waals surface area (Å²) in [5.41, 5.74) is 0. The van der Waals surface area contributed by atoms with Gasteiger partial charge in [-0.15, -0.1) is 0 Å². The van der Waals surface area contributed by atoms with E-state index in [4.69, 9.17) is 0 Å². The molecule has 0 saturated heterocycles. The minimum Gasteiger partial charge on any atom is -0.339 e. The van der Waals surface area contributed by atoms with Gasteiger partial charge in [-0.1, -0.05) is 6.82 Å². The van der Waals surface area contributed by atoms with Crippen LogP contribution in [0.3, 0.4) is 0 Å². The SMILES string of the molecule is C[B]N(C=O)C=O. The van der Waals surface area contributed by atoms with Gasteiger partial charge in [0.05, 0.1) is 0 Å². The second-order valence-electron chi connectivity index (χ2n) is 0.916. The molecule has 0 spiro atoms. The summed E-state index contributed by atoms with van der Waals surface area (Å²) in [4.78, 5) is 20.2. The van der Waals surface area contributed by atoms with Crippen LogP contribution in [0.2, 0.25) is 6.82 Å². The zero-order valence-corrected chi connectivity index (χ0v) is 4.00. The molecular weight excluding hydrogens is 92.8 g/mol. The van der Waals surface area contributed by atoms with E-state index in [1.807, 2.05) is 0 Å². The largest absolute Gasteiger partial charge is 0.339 e. The summed E-state index contributed by atoms with van der Waals surface area (Å²) in [7, 11) is 1.38. The molecule has 0 aromatic heterocycles. The van der Waals surface area contributed by atoms with Gasteiger partial charge in [-0.2, -0.15) is 0 Å². The van der Waals surface area contributed by atoms with Crippen LogP contribution < -0.4 is 0 Å². The molecule has 37 valence electrons. The molecule has 0 aliphatic carbocycles. The van der Waals surface area contributed by atoms with Crippen molar-refractivity contribution < 1.29 is 9.59 Å². The van der Waals surface area contributed by atoms with E-state index in [9.17, 15) is 9.59 Å². The third kappa shape index (κ3) is 1.97. The Morgan fingerprint density at radius 3 is 1.86 bits per heavy atom. The second-order valence-corrected chi connectivity index (χ2v) is 0.916. The first kappa shape index (κ1) is 6.20. The maximum atomic E-state index is 9.63. The highest BCUT2D eigenvalue weighted by atomic mass is 16.2. The summed E-state index contributed by atoms with van der Waals surface area (Å²) in [5.74, 6) is 0. The topological polar surface area (TPSA) is 37.4 Å². The minimum absolute atomic E-state index is 0.438. The molecule has 4 heteroatoms.